The van der Waals surface area contributed by atoms with Crippen LogP contribution in [0, 0.1) is 5.82 Å². The largest absolute Gasteiger partial charge is 0.444 e. The zero-order chi connectivity index (χ0) is 20.0. The molecule has 150 valence electrons. The Kier molecular flexibility index (Phi) is 5.05. The minimum absolute atomic E-state index is 0.116. The quantitative estimate of drug-likeness (QED) is 0.846. The number of aliphatic hydroxyl groups is 1. The van der Waals surface area contributed by atoms with Crippen LogP contribution in [0.1, 0.15) is 52.0 Å². The first kappa shape index (κ1) is 19.8. The van der Waals surface area contributed by atoms with Gasteiger partial charge in [-0.25, -0.2) is 9.18 Å². The molecule has 2 fully saturated rings. The fraction of sp³-hybridized carbons (Fsp3) is 0.632. The maximum atomic E-state index is 13.5. The molecule has 0 spiro atoms. The van der Waals surface area contributed by atoms with E-state index in [4.69, 9.17) is 4.74 Å². The first-order chi connectivity index (χ1) is 12.5. The summed E-state index contributed by atoms with van der Waals surface area (Å²) in [5.74, 6) is -1.11. The number of piperidine rings is 1. The van der Waals surface area contributed by atoms with E-state index in [-0.39, 0.29) is 36.2 Å². The van der Waals surface area contributed by atoms with Gasteiger partial charge in [0.2, 0.25) is 0 Å². The molecule has 8 heteroatoms. The van der Waals surface area contributed by atoms with E-state index < -0.39 is 29.7 Å². The zero-order valence-corrected chi connectivity index (χ0v) is 15.5. The third-order valence-corrected chi connectivity index (χ3v) is 5.03. The van der Waals surface area contributed by atoms with Crippen molar-refractivity contribution < 1.29 is 32.5 Å². The maximum Gasteiger partial charge on any atom is 0.410 e. The van der Waals surface area contributed by atoms with Crippen molar-refractivity contribution in [2.75, 3.05) is 0 Å². The van der Waals surface area contributed by atoms with Gasteiger partial charge in [-0.05, 0) is 45.7 Å². The van der Waals surface area contributed by atoms with E-state index in [2.05, 4.69) is 4.74 Å². The van der Waals surface area contributed by atoms with Gasteiger partial charge in [-0.2, -0.15) is 8.78 Å². The summed E-state index contributed by atoms with van der Waals surface area (Å²) < 4.78 is 48.8. The van der Waals surface area contributed by atoms with Gasteiger partial charge in [0, 0.05) is 36.6 Å². The van der Waals surface area contributed by atoms with Crippen LogP contribution in [-0.2, 0) is 10.3 Å². The van der Waals surface area contributed by atoms with Crippen LogP contribution in [0.2, 0.25) is 0 Å². The molecule has 2 atom stereocenters. The Balaban J connectivity index is 1.86. The van der Waals surface area contributed by atoms with Crippen molar-refractivity contribution in [3.63, 3.8) is 0 Å². The highest BCUT2D eigenvalue weighted by atomic mass is 19.3. The molecule has 0 saturated carbocycles. The topological polar surface area (TPSA) is 59.0 Å². The molecular formula is C19H24F3NO4. The number of carbonyl (C=O) groups excluding carboxylic acids is 1. The van der Waals surface area contributed by atoms with Crippen LogP contribution in [0.25, 0.3) is 0 Å². The SMILES string of the molecule is CC(C)(C)OC(=O)N1C2CCC1CC(O)(c1ccc(F)cc1OC(F)F)C2. The van der Waals surface area contributed by atoms with Crippen LogP contribution >= 0.6 is 0 Å². The van der Waals surface area contributed by atoms with Gasteiger partial charge >= 0.3 is 12.7 Å². The lowest BCUT2D eigenvalue weighted by molar-refractivity contribution is -0.0732. The Morgan fingerprint density at radius 3 is 2.37 bits per heavy atom. The van der Waals surface area contributed by atoms with Crippen molar-refractivity contribution in [2.24, 2.45) is 0 Å². The number of amides is 1. The van der Waals surface area contributed by atoms with E-state index in [0.717, 1.165) is 12.1 Å². The van der Waals surface area contributed by atoms with Gasteiger partial charge < -0.3 is 19.5 Å². The molecule has 27 heavy (non-hydrogen) atoms. The van der Waals surface area contributed by atoms with Crippen LogP contribution in [0.4, 0.5) is 18.0 Å². The minimum atomic E-state index is -3.13. The van der Waals surface area contributed by atoms with Gasteiger partial charge in [-0.3, -0.25) is 0 Å². The monoisotopic (exact) mass is 387 g/mol. The number of ether oxygens (including phenoxy) is 2. The summed E-state index contributed by atoms with van der Waals surface area (Å²) in [7, 11) is 0. The van der Waals surface area contributed by atoms with E-state index in [1.807, 2.05) is 0 Å². The van der Waals surface area contributed by atoms with E-state index in [1.54, 1.807) is 25.7 Å². The van der Waals surface area contributed by atoms with Gasteiger partial charge in [0.15, 0.2) is 0 Å². The molecule has 0 radical (unpaired) electrons. The second-order valence-electron chi connectivity index (χ2n) is 8.23. The summed E-state index contributed by atoms with van der Waals surface area (Å²) in [6, 6.07) is 2.66. The molecule has 2 bridgehead atoms. The molecule has 1 amide bonds. The number of rotatable bonds is 3. The van der Waals surface area contributed by atoms with Crippen molar-refractivity contribution in [3.05, 3.63) is 29.6 Å². The van der Waals surface area contributed by atoms with Crippen LogP contribution < -0.4 is 4.74 Å². The average Bonchev–Trinajstić information content (AvgIpc) is 2.78. The molecule has 2 unspecified atom stereocenters. The lowest BCUT2D eigenvalue weighted by Crippen LogP contribution is -2.53. The lowest BCUT2D eigenvalue weighted by atomic mass is 9.80. The van der Waals surface area contributed by atoms with Crippen molar-refractivity contribution >= 4 is 6.09 Å². The van der Waals surface area contributed by atoms with Crippen LogP contribution in [-0.4, -0.2) is 40.4 Å². The molecule has 0 aliphatic carbocycles. The molecule has 2 aliphatic heterocycles. The van der Waals surface area contributed by atoms with Crippen LogP contribution in [0.15, 0.2) is 18.2 Å². The van der Waals surface area contributed by atoms with E-state index in [0.29, 0.717) is 12.8 Å². The van der Waals surface area contributed by atoms with Crippen molar-refractivity contribution in [3.8, 4) is 5.75 Å². The summed E-state index contributed by atoms with van der Waals surface area (Å²) in [6.45, 7) is 2.20. The molecule has 1 N–H and O–H groups in total. The third kappa shape index (κ3) is 4.15. The highest BCUT2D eigenvalue weighted by Crippen LogP contribution is 2.48. The highest BCUT2D eigenvalue weighted by molar-refractivity contribution is 5.70. The molecule has 0 aromatic heterocycles. The Morgan fingerprint density at radius 2 is 1.85 bits per heavy atom. The molecule has 3 rings (SSSR count). The van der Waals surface area contributed by atoms with Crippen molar-refractivity contribution in [2.45, 2.75) is 76.4 Å². The number of nitrogens with zero attached hydrogens (tertiary/aromatic N) is 1. The molecule has 2 aliphatic rings. The van der Waals surface area contributed by atoms with Crippen LogP contribution in [0.5, 0.6) is 5.75 Å². The predicted octanol–water partition coefficient (Wildman–Crippen LogP) is 4.18. The Hall–Kier alpha value is -1.96. The standard InChI is InChI=1S/C19H24F3NO4/c1-18(2,3)27-17(24)23-12-5-6-13(23)10-19(25,9-12)14-7-4-11(20)8-15(14)26-16(21)22/h4,7-8,12-13,16,25H,5-6,9-10H2,1-3H3. The molecule has 5 nitrogen and oxygen atoms in total. The second-order valence-corrected chi connectivity index (χ2v) is 8.23. The van der Waals surface area contributed by atoms with E-state index in [9.17, 15) is 23.1 Å². The van der Waals surface area contributed by atoms with Crippen molar-refractivity contribution in [1.29, 1.82) is 0 Å². The number of hydrogen-bond donors (Lipinski definition) is 1. The molecule has 2 heterocycles. The lowest BCUT2D eigenvalue weighted by Gasteiger charge is -2.44. The molecule has 1 aromatic carbocycles. The number of fused-ring (bicyclic) bond motifs is 2. The van der Waals surface area contributed by atoms with Gasteiger partial charge in [0.1, 0.15) is 17.2 Å². The number of carbonyl (C=O) groups is 1. The van der Waals surface area contributed by atoms with Gasteiger partial charge in [0.25, 0.3) is 0 Å². The minimum Gasteiger partial charge on any atom is -0.444 e. The highest BCUT2D eigenvalue weighted by Gasteiger charge is 2.52. The first-order valence-corrected chi connectivity index (χ1v) is 8.97. The number of hydrogen-bond acceptors (Lipinski definition) is 4. The normalized spacial score (nSPS) is 27.8. The molecule has 2 saturated heterocycles. The summed E-state index contributed by atoms with van der Waals surface area (Å²) in [5.41, 5.74) is -2.01. The summed E-state index contributed by atoms with van der Waals surface area (Å²) in [5, 5.41) is 11.2. The fourth-order valence-electron chi connectivity index (χ4n) is 4.13. The third-order valence-electron chi connectivity index (χ3n) is 5.03. The molecular weight excluding hydrogens is 363 g/mol. The summed E-state index contributed by atoms with van der Waals surface area (Å²) >= 11 is 0. The number of benzene rings is 1. The van der Waals surface area contributed by atoms with E-state index >= 15 is 0 Å². The Morgan fingerprint density at radius 1 is 1.26 bits per heavy atom. The van der Waals surface area contributed by atoms with E-state index in [1.165, 1.54) is 6.07 Å². The number of halogens is 3. The van der Waals surface area contributed by atoms with Crippen LogP contribution in [0.3, 0.4) is 0 Å². The maximum absolute atomic E-state index is 13.5. The Labute approximate surface area is 156 Å². The second kappa shape index (κ2) is 6.89. The summed E-state index contributed by atoms with van der Waals surface area (Å²) in [4.78, 5) is 14.2. The fourth-order valence-corrected chi connectivity index (χ4v) is 4.13. The van der Waals surface area contributed by atoms with Gasteiger partial charge in [-0.15, -0.1) is 0 Å². The first-order valence-electron chi connectivity index (χ1n) is 8.97. The smallest absolute Gasteiger partial charge is 0.410 e. The molecule has 1 aromatic rings. The van der Waals surface area contributed by atoms with Crippen molar-refractivity contribution in [1.82, 2.24) is 4.90 Å². The number of alkyl halides is 2. The average molecular weight is 387 g/mol. The van der Waals surface area contributed by atoms with Gasteiger partial charge in [0.05, 0.1) is 5.60 Å². The summed E-state index contributed by atoms with van der Waals surface area (Å²) in [6.07, 6.45) is 1.21. The van der Waals surface area contributed by atoms with Gasteiger partial charge in [-0.1, -0.05) is 0 Å². The Bertz CT molecular complexity index is 705. The zero-order valence-electron chi connectivity index (χ0n) is 15.5. The predicted molar refractivity (Wildman–Crippen MR) is 91.0 cm³/mol.